The highest BCUT2D eigenvalue weighted by atomic mass is 32.1. The Balaban J connectivity index is 1.38. The van der Waals surface area contributed by atoms with E-state index in [1.54, 1.807) is 18.1 Å². The van der Waals surface area contributed by atoms with Crippen molar-refractivity contribution in [2.24, 2.45) is 0 Å². The molecule has 2 aromatic carbocycles. The summed E-state index contributed by atoms with van der Waals surface area (Å²) in [5.41, 5.74) is 2.87. The number of hydrogen-bond acceptors (Lipinski definition) is 6. The van der Waals surface area contributed by atoms with Crippen LogP contribution in [-0.2, 0) is 9.59 Å². The first-order valence-corrected chi connectivity index (χ1v) is 10.7. The van der Waals surface area contributed by atoms with E-state index >= 15 is 0 Å². The number of carbonyl (C=O) groups is 2. The maximum atomic E-state index is 12.6. The molecule has 0 bridgehead atoms. The van der Waals surface area contributed by atoms with Gasteiger partial charge in [0.15, 0.2) is 0 Å². The molecule has 1 atom stereocenters. The van der Waals surface area contributed by atoms with Gasteiger partial charge in [0.2, 0.25) is 16.9 Å². The quantitative estimate of drug-likeness (QED) is 0.592. The Hall–Kier alpha value is -3.52. The molecule has 1 unspecified atom stereocenters. The average Bonchev–Trinajstić information content (AvgIpc) is 3.39. The minimum absolute atomic E-state index is 0.0369. The van der Waals surface area contributed by atoms with Gasteiger partial charge < -0.3 is 9.64 Å². The number of rotatable bonds is 6. The Labute approximate surface area is 184 Å². The fourth-order valence-electron chi connectivity index (χ4n) is 3.46. The number of ether oxygens (including phenoxy) is 1. The molecule has 1 N–H and O–H groups in total. The van der Waals surface area contributed by atoms with Gasteiger partial charge in [-0.1, -0.05) is 41.7 Å². The van der Waals surface area contributed by atoms with E-state index < -0.39 is 0 Å². The fraction of sp³-hybridized carbons (Fsp3) is 0.217. The monoisotopic (exact) mass is 434 g/mol. The number of amides is 2. The molecule has 1 saturated heterocycles. The van der Waals surface area contributed by atoms with Crippen molar-refractivity contribution in [3.05, 3.63) is 70.7 Å². The van der Waals surface area contributed by atoms with Crippen LogP contribution >= 0.6 is 11.3 Å². The molecule has 2 amide bonds. The number of methoxy groups -OCH3 is 1. The van der Waals surface area contributed by atoms with Crippen LogP contribution in [0.25, 0.3) is 6.08 Å². The van der Waals surface area contributed by atoms with E-state index in [0.717, 1.165) is 27.6 Å². The second kappa shape index (κ2) is 9.09. The molecular weight excluding hydrogens is 412 g/mol. The zero-order valence-electron chi connectivity index (χ0n) is 17.2. The second-order valence-electron chi connectivity index (χ2n) is 7.23. The average molecular weight is 435 g/mol. The summed E-state index contributed by atoms with van der Waals surface area (Å²) in [6.45, 7) is 2.55. The molecule has 0 saturated carbocycles. The number of nitrogens with zero attached hydrogens (tertiary/aromatic N) is 3. The van der Waals surface area contributed by atoms with Crippen molar-refractivity contribution in [2.75, 3.05) is 23.9 Å². The fourth-order valence-corrected chi connectivity index (χ4v) is 4.29. The lowest BCUT2D eigenvalue weighted by atomic mass is 10.1. The summed E-state index contributed by atoms with van der Waals surface area (Å²) in [7, 11) is 1.61. The molecule has 158 valence electrons. The van der Waals surface area contributed by atoms with Crippen LogP contribution in [0, 0.1) is 6.92 Å². The third-order valence-corrected chi connectivity index (χ3v) is 6.10. The molecule has 1 aliphatic rings. The zero-order valence-corrected chi connectivity index (χ0v) is 18.1. The SMILES string of the molecule is COc1ccc(/C=C/C(=O)Nc2nnc(C3CC(=O)N(c4ccccc4C)C3)s2)cc1. The van der Waals surface area contributed by atoms with Gasteiger partial charge in [0.05, 0.1) is 7.11 Å². The molecule has 1 aliphatic heterocycles. The summed E-state index contributed by atoms with van der Waals surface area (Å²) >= 11 is 1.31. The summed E-state index contributed by atoms with van der Waals surface area (Å²) in [6, 6.07) is 15.2. The lowest BCUT2D eigenvalue weighted by Crippen LogP contribution is -2.25. The molecule has 0 radical (unpaired) electrons. The topological polar surface area (TPSA) is 84.4 Å². The van der Waals surface area contributed by atoms with Crippen LogP contribution in [0.15, 0.2) is 54.6 Å². The van der Waals surface area contributed by atoms with Gasteiger partial charge in [-0.05, 0) is 42.3 Å². The van der Waals surface area contributed by atoms with E-state index in [2.05, 4.69) is 15.5 Å². The van der Waals surface area contributed by atoms with E-state index in [-0.39, 0.29) is 17.7 Å². The maximum Gasteiger partial charge on any atom is 0.250 e. The Morgan fingerprint density at radius 1 is 1.19 bits per heavy atom. The maximum absolute atomic E-state index is 12.6. The molecule has 2 heterocycles. The summed E-state index contributed by atoms with van der Waals surface area (Å²) < 4.78 is 5.12. The van der Waals surface area contributed by atoms with Crippen molar-refractivity contribution in [2.45, 2.75) is 19.3 Å². The predicted molar refractivity (Wildman–Crippen MR) is 121 cm³/mol. The number of aromatic nitrogens is 2. The van der Waals surface area contributed by atoms with Crippen molar-refractivity contribution in [3.63, 3.8) is 0 Å². The standard InChI is InChI=1S/C23H22N4O3S/c1-15-5-3-4-6-19(15)27-14-17(13-21(27)29)22-25-26-23(31-22)24-20(28)12-9-16-7-10-18(30-2)11-8-16/h3-12,17H,13-14H2,1-2H3,(H,24,26,28)/b12-9+. The molecule has 0 spiro atoms. The second-order valence-corrected chi connectivity index (χ2v) is 8.24. The number of anilines is 2. The summed E-state index contributed by atoms with van der Waals surface area (Å²) in [5, 5.41) is 12.2. The van der Waals surface area contributed by atoms with E-state index in [0.29, 0.717) is 18.1 Å². The number of aryl methyl sites for hydroxylation is 1. The lowest BCUT2D eigenvalue weighted by molar-refractivity contribution is -0.117. The molecule has 1 fully saturated rings. The predicted octanol–water partition coefficient (Wildman–Crippen LogP) is 4.03. The van der Waals surface area contributed by atoms with Crippen molar-refractivity contribution in [1.82, 2.24) is 10.2 Å². The number of carbonyl (C=O) groups excluding carboxylic acids is 2. The van der Waals surface area contributed by atoms with Gasteiger partial charge in [-0.25, -0.2) is 0 Å². The van der Waals surface area contributed by atoms with Gasteiger partial charge in [0.25, 0.3) is 0 Å². The minimum Gasteiger partial charge on any atom is -0.497 e. The number of benzene rings is 2. The van der Waals surface area contributed by atoms with Gasteiger partial charge in [-0.15, -0.1) is 10.2 Å². The number of hydrogen-bond donors (Lipinski definition) is 1. The van der Waals surface area contributed by atoms with Crippen molar-refractivity contribution >= 4 is 40.0 Å². The van der Waals surface area contributed by atoms with E-state index in [9.17, 15) is 9.59 Å². The third kappa shape index (κ3) is 4.80. The third-order valence-electron chi connectivity index (χ3n) is 5.09. The van der Waals surface area contributed by atoms with E-state index in [1.165, 1.54) is 17.4 Å². The Morgan fingerprint density at radius 3 is 2.71 bits per heavy atom. The van der Waals surface area contributed by atoms with Gasteiger partial charge in [-0.2, -0.15) is 0 Å². The zero-order chi connectivity index (χ0) is 21.8. The molecule has 0 aliphatic carbocycles. The lowest BCUT2D eigenvalue weighted by Gasteiger charge is -2.18. The first-order valence-electron chi connectivity index (χ1n) is 9.86. The minimum atomic E-state index is -0.289. The first-order chi connectivity index (χ1) is 15.0. The summed E-state index contributed by atoms with van der Waals surface area (Å²) in [5.74, 6) is 0.504. The van der Waals surface area contributed by atoms with Crippen molar-refractivity contribution in [3.8, 4) is 5.75 Å². The Morgan fingerprint density at radius 2 is 1.97 bits per heavy atom. The highest BCUT2D eigenvalue weighted by molar-refractivity contribution is 7.15. The largest absolute Gasteiger partial charge is 0.497 e. The summed E-state index contributed by atoms with van der Waals surface area (Å²) in [4.78, 5) is 26.6. The molecule has 1 aromatic heterocycles. The molecule has 3 aromatic rings. The van der Waals surface area contributed by atoms with Crippen molar-refractivity contribution < 1.29 is 14.3 Å². The summed E-state index contributed by atoms with van der Waals surface area (Å²) in [6.07, 6.45) is 3.54. The highest BCUT2D eigenvalue weighted by Crippen LogP contribution is 2.35. The molecular formula is C23H22N4O3S. The van der Waals surface area contributed by atoms with Gasteiger partial charge in [0, 0.05) is 30.6 Å². The van der Waals surface area contributed by atoms with Crippen LogP contribution in [0.3, 0.4) is 0 Å². The molecule has 7 nitrogen and oxygen atoms in total. The van der Waals surface area contributed by atoms with Gasteiger partial charge in [-0.3, -0.25) is 14.9 Å². The first kappa shape index (κ1) is 20.7. The van der Waals surface area contributed by atoms with Crippen LogP contribution in [0.4, 0.5) is 10.8 Å². The number of para-hydroxylation sites is 1. The van der Waals surface area contributed by atoms with Crippen LogP contribution in [0.1, 0.15) is 28.5 Å². The van der Waals surface area contributed by atoms with Crippen LogP contribution in [0.5, 0.6) is 5.75 Å². The smallest absolute Gasteiger partial charge is 0.250 e. The van der Waals surface area contributed by atoms with E-state index in [1.807, 2.05) is 55.5 Å². The molecule has 4 rings (SSSR count). The molecule has 8 heteroatoms. The normalized spacial score (nSPS) is 16.1. The molecule has 31 heavy (non-hydrogen) atoms. The van der Waals surface area contributed by atoms with Crippen molar-refractivity contribution in [1.29, 1.82) is 0 Å². The van der Waals surface area contributed by atoms with Crippen LogP contribution < -0.4 is 15.0 Å². The Bertz CT molecular complexity index is 1120. The van der Waals surface area contributed by atoms with Crippen LogP contribution in [-0.4, -0.2) is 35.7 Å². The van der Waals surface area contributed by atoms with Crippen LogP contribution in [0.2, 0.25) is 0 Å². The highest BCUT2D eigenvalue weighted by Gasteiger charge is 2.34. The van der Waals surface area contributed by atoms with E-state index in [4.69, 9.17) is 4.74 Å². The van der Waals surface area contributed by atoms with Gasteiger partial charge >= 0.3 is 0 Å². The Kier molecular flexibility index (Phi) is 6.08. The number of nitrogens with one attached hydrogen (secondary N) is 1. The van der Waals surface area contributed by atoms with Gasteiger partial charge in [0.1, 0.15) is 10.8 Å².